The van der Waals surface area contributed by atoms with Crippen LogP contribution in [0.4, 0.5) is 13.2 Å². The van der Waals surface area contributed by atoms with Gasteiger partial charge in [0, 0.05) is 0 Å². The van der Waals surface area contributed by atoms with Gasteiger partial charge in [0.25, 0.3) is 10.1 Å². The molecule has 0 spiro atoms. The van der Waals surface area contributed by atoms with Crippen molar-refractivity contribution in [1.29, 1.82) is 5.26 Å². The fourth-order valence-corrected chi connectivity index (χ4v) is 2.12. The molecule has 0 aliphatic rings. The molecule has 4 nitrogen and oxygen atoms in total. The number of nitrogens with zero attached hydrogens (tertiary/aromatic N) is 1. The summed E-state index contributed by atoms with van der Waals surface area (Å²) in [6.45, 7) is -1.85. The van der Waals surface area contributed by atoms with Gasteiger partial charge in [-0.2, -0.15) is 26.9 Å². The molecule has 98 valence electrons. The lowest BCUT2D eigenvalue weighted by molar-refractivity contribution is -0.152. The fraction of sp³-hybridized carbons (Fsp3) is 0.300. The smallest absolute Gasteiger partial charge is 0.260 e. The molecule has 18 heavy (non-hydrogen) atoms. The second-order valence-corrected chi connectivity index (χ2v) is 5.03. The molecule has 0 fully saturated rings. The predicted octanol–water partition coefficient (Wildman–Crippen LogP) is 1.97. The molecule has 1 aromatic rings. The van der Waals surface area contributed by atoms with Crippen molar-refractivity contribution in [2.75, 3.05) is 6.61 Å². The molecule has 1 rings (SSSR count). The molecular formula is C10H8F3NO3S. The summed E-state index contributed by atoms with van der Waals surface area (Å²) >= 11 is 0. The van der Waals surface area contributed by atoms with Gasteiger partial charge in [-0.15, -0.1) is 0 Å². The van der Waals surface area contributed by atoms with E-state index >= 15 is 0 Å². The van der Waals surface area contributed by atoms with Gasteiger partial charge in [-0.25, -0.2) is 0 Å². The normalized spacial score (nSPS) is 12.1. The summed E-state index contributed by atoms with van der Waals surface area (Å²) in [5.41, 5.74) is 0.412. The highest BCUT2D eigenvalue weighted by Crippen LogP contribution is 2.17. The average Bonchev–Trinajstić information content (AvgIpc) is 2.25. The van der Waals surface area contributed by atoms with E-state index in [1.54, 1.807) is 6.07 Å². The van der Waals surface area contributed by atoms with Crippen LogP contribution in [0, 0.1) is 11.3 Å². The van der Waals surface area contributed by atoms with Gasteiger partial charge in [0.05, 0.1) is 11.6 Å². The maximum atomic E-state index is 11.8. The lowest BCUT2D eigenvalue weighted by atomic mass is 10.2. The van der Waals surface area contributed by atoms with E-state index < -0.39 is 28.7 Å². The fourth-order valence-electron chi connectivity index (χ4n) is 1.13. The van der Waals surface area contributed by atoms with Crippen molar-refractivity contribution in [2.45, 2.75) is 11.9 Å². The van der Waals surface area contributed by atoms with Crippen LogP contribution in [0.1, 0.15) is 11.1 Å². The maximum absolute atomic E-state index is 11.8. The van der Waals surface area contributed by atoms with E-state index in [0.29, 0.717) is 0 Å². The molecule has 0 amide bonds. The first kappa shape index (κ1) is 14.5. The molecule has 0 saturated heterocycles. The van der Waals surface area contributed by atoms with Crippen molar-refractivity contribution in [2.24, 2.45) is 0 Å². The highest BCUT2D eigenvalue weighted by atomic mass is 32.2. The summed E-state index contributed by atoms with van der Waals surface area (Å²) in [7, 11) is -4.32. The van der Waals surface area contributed by atoms with Gasteiger partial charge in [0.1, 0.15) is 5.75 Å². The molecule has 0 heterocycles. The van der Waals surface area contributed by atoms with E-state index in [-0.39, 0.29) is 11.1 Å². The number of hydrogen-bond acceptors (Lipinski definition) is 4. The summed E-state index contributed by atoms with van der Waals surface area (Å²) in [6.07, 6.45) is -4.71. The lowest BCUT2D eigenvalue weighted by Gasteiger charge is -2.08. The molecule has 0 unspecified atom stereocenters. The summed E-state index contributed by atoms with van der Waals surface area (Å²) in [5, 5.41) is 8.59. The third-order valence-corrected chi connectivity index (χ3v) is 2.97. The molecular weight excluding hydrogens is 271 g/mol. The SMILES string of the molecule is N#Cc1cccc(CS(=O)(=O)OCC(F)(F)F)c1. The van der Waals surface area contributed by atoms with Gasteiger partial charge in [0.2, 0.25) is 0 Å². The zero-order valence-corrected chi connectivity index (χ0v) is 9.75. The summed E-state index contributed by atoms with van der Waals surface area (Å²) in [4.78, 5) is 0. The number of hydrogen-bond donors (Lipinski definition) is 0. The molecule has 8 heteroatoms. The van der Waals surface area contributed by atoms with Crippen LogP contribution in [0.5, 0.6) is 0 Å². The number of benzene rings is 1. The minimum Gasteiger partial charge on any atom is -0.260 e. The third kappa shape index (κ3) is 5.16. The first-order chi connectivity index (χ1) is 8.22. The van der Waals surface area contributed by atoms with Crippen molar-refractivity contribution < 1.29 is 25.8 Å². The number of halogens is 3. The molecule has 0 aliphatic carbocycles. The second-order valence-electron chi connectivity index (χ2n) is 3.39. The highest BCUT2D eigenvalue weighted by molar-refractivity contribution is 7.85. The summed E-state index contributed by atoms with van der Waals surface area (Å²) in [6, 6.07) is 7.34. The van der Waals surface area contributed by atoms with Crippen LogP contribution >= 0.6 is 0 Å². The number of nitriles is 1. The Bertz CT molecular complexity index is 560. The van der Waals surface area contributed by atoms with Crippen LogP contribution in [0.25, 0.3) is 0 Å². The Kier molecular flexibility index (Phi) is 4.32. The minimum atomic E-state index is -4.71. The first-order valence-corrected chi connectivity index (χ1v) is 6.22. The third-order valence-electron chi connectivity index (χ3n) is 1.80. The Hall–Kier alpha value is -1.59. The van der Waals surface area contributed by atoms with Crippen molar-refractivity contribution in [3.05, 3.63) is 35.4 Å². The zero-order chi connectivity index (χ0) is 13.8. The van der Waals surface area contributed by atoms with Crippen LogP contribution in [0.3, 0.4) is 0 Å². The Morgan fingerprint density at radius 3 is 2.56 bits per heavy atom. The molecule has 0 aliphatic heterocycles. The van der Waals surface area contributed by atoms with Crippen LogP contribution in [0.2, 0.25) is 0 Å². The Balaban J connectivity index is 2.74. The van der Waals surface area contributed by atoms with Crippen LogP contribution < -0.4 is 0 Å². The molecule has 0 atom stereocenters. The quantitative estimate of drug-likeness (QED) is 0.790. The van der Waals surface area contributed by atoms with E-state index in [9.17, 15) is 21.6 Å². The van der Waals surface area contributed by atoms with Crippen LogP contribution in [-0.4, -0.2) is 21.2 Å². The van der Waals surface area contributed by atoms with Crippen molar-refractivity contribution in [3.63, 3.8) is 0 Å². The second kappa shape index (κ2) is 5.37. The number of rotatable bonds is 4. The van der Waals surface area contributed by atoms with E-state index in [1.807, 2.05) is 0 Å². The topological polar surface area (TPSA) is 67.2 Å². The van der Waals surface area contributed by atoms with Gasteiger partial charge < -0.3 is 0 Å². The first-order valence-electron chi connectivity index (χ1n) is 4.65. The molecule has 0 aromatic heterocycles. The van der Waals surface area contributed by atoms with Crippen molar-refractivity contribution in [1.82, 2.24) is 0 Å². The lowest BCUT2D eigenvalue weighted by Crippen LogP contribution is -2.21. The molecule has 0 saturated carbocycles. The monoisotopic (exact) mass is 279 g/mol. The van der Waals surface area contributed by atoms with Gasteiger partial charge >= 0.3 is 6.18 Å². The summed E-state index contributed by atoms with van der Waals surface area (Å²) < 4.78 is 61.8. The highest BCUT2D eigenvalue weighted by Gasteiger charge is 2.30. The standard InChI is InChI=1S/C10H8F3NO3S/c11-10(12,13)7-17-18(15,16)6-9-3-1-2-8(4-9)5-14/h1-4H,6-7H2. The van der Waals surface area contributed by atoms with Gasteiger partial charge in [-0.3, -0.25) is 4.18 Å². The van der Waals surface area contributed by atoms with E-state index in [1.165, 1.54) is 24.3 Å². The molecule has 0 radical (unpaired) electrons. The van der Waals surface area contributed by atoms with E-state index in [0.717, 1.165) is 0 Å². The van der Waals surface area contributed by atoms with E-state index in [4.69, 9.17) is 5.26 Å². The van der Waals surface area contributed by atoms with Gasteiger partial charge in [-0.05, 0) is 17.7 Å². The zero-order valence-electron chi connectivity index (χ0n) is 8.94. The van der Waals surface area contributed by atoms with E-state index in [2.05, 4.69) is 4.18 Å². The van der Waals surface area contributed by atoms with Crippen molar-refractivity contribution >= 4 is 10.1 Å². The molecule has 1 aromatic carbocycles. The Morgan fingerprint density at radius 2 is 2.00 bits per heavy atom. The van der Waals surface area contributed by atoms with Crippen LogP contribution in [0.15, 0.2) is 24.3 Å². The van der Waals surface area contributed by atoms with Gasteiger partial charge in [-0.1, -0.05) is 12.1 Å². The van der Waals surface area contributed by atoms with Gasteiger partial charge in [0.15, 0.2) is 6.61 Å². The van der Waals surface area contributed by atoms with Crippen LogP contribution in [-0.2, 0) is 20.1 Å². The number of alkyl halides is 3. The molecule has 0 N–H and O–H groups in total. The largest absolute Gasteiger partial charge is 0.413 e. The maximum Gasteiger partial charge on any atom is 0.413 e. The summed E-state index contributed by atoms with van der Waals surface area (Å²) in [5.74, 6) is -0.710. The Labute approximate surface area is 102 Å². The minimum absolute atomic E-state index is 0.191. The van der Waals surface area contributed by atoms with Crippen molar-refractivity contribution in [3.8, 4) is 6.07 Å². The Morgan fingerprint density at radius 1 is 1.33 bits per heavy atom. The predicted molar refractivity (Wildman–Crippen MR) is 55.8 cm³/mol. The molecule has 0 bridgehead atoms. The average molecular weight is 279 g/mol.